The summed E-state index contributed by atoms with van der Waals surface area (Å²) in [5.74, 6) is -1.29. The Balaban J connectivity index is 1.70. The molecule has 0 aliphatic carbocycles. The van der Waals surface area contributed by atoms with Gasteiger partial charge in [0.1, 0.15) is 6.54 Å². The second-order valence-electron chi connectivity index (χ2n) is 5.39. The number of likely N-dealkylation sites (N-methyl/N-ethyl adjacent to an activating group) is 1. The van der Waals surface area contributed by atoms with Crippen LogP contribution in [0.3, 0.4) is 0 Å². The molecule has 0 aromatic heterocycles. The first-order valence-electron chi connectivity index (χ1n) is 7.84. The lowest BCUT2D eigenvalue weighted by atomic mass is 10.1. The van der Waals surface area contributed by atoms with Crippen molar-refractivity contribution in [1.82, 2.24) is 5.32 Å². The van der Waals surface area contributed by atoms with Gasteiger partial charge in [0, 0.05) is 12.7 Å². The highest BCUT2D eigenvalue weighted by molar-refractivity contribution is 5.95. The summed E-state index contributed by atoms with van der Waals surface area (Å²) in [7, 11) is 1.60. The SMILES string of the molecule is CN(C(=O)COC(=O)CNC(=O)Cc1ccccc1)c1ccccc1. The number of nitrogens with zero attached hydrogens (tertiary/aromatic N) is 1. The Bertz CT molecular complexity index is 717. The zero-order valence-corrected chi connectivity index (χ0v) is 14.0. The molecule has 6 nitrogen and oxygen atoms in total. The molecule has 0 unspecified atom stereocenters. The van der Waals surface area contributed by atoms with Crippen LogP contribution >= 0.6 is 0 Å². The van der Waals surface area contributed by atoms with Crippen molar-refractivity contribution in [3.63, 3.8) is 0 Å². The third-order valence-corrected chi connectivity index (χ3v) is 3.51. The molecule has 0 heterocycles. The van der Waals surface area contributed by atoms with Crippen LogP contribution in [0.2, 0.25) is 0 Å². The number of hydrogen-bond acceptors (Lipinski definition) is 4. The van der Waals surface area contributed by atoms with Gasteiger partial charge in [-0.15, -0.1) is 0 Å². The number of esters is 1. The van der Waals surface area contributed by atoms with E-state index in [1.54, 1.807) is 19.2 Å². The molecule has 0 aliphatic heterocycles. The lowest BCUT2D eigenvalue weighted by molar-refractivity contribution is -0.147. The van der Waals surface area contributed by atoms with Gasteiger partial charge >= 0.3 is 5.97 Å². The molecule has 0 bridgehead atoms. The summed E-state index contributed by atoms with van der Waals surface area (Å²) in [5, 5.41) is 2.48. The van der Waals surface area contributed by atoms with E-state index in [4.69, 9.17) is 4.74 Å². The third-order valence-electron chi connectivity index (χ3n) is 3.51. The van der Waals surface area contributed by atoms with E-state index in [2.05, 4.69) is 5.32 Å². The van der Waals surface area contributed by atoms with E-state index in [0.717, 1.165) is 5.56 Å². The molecule has 6 heteroatoms. The highest BCUT2D eigenvalue weighted by Crippen LogP contribution is 2.10. The molecular weight excluding hydrogens is 320 g/mol. The van der Waals surface area contributed by atoms with Crippen LogP contribution in [0, 0.1) is 0 Å². The second-order valence-corrected chi connectivity index (χ2v) is 5.39. The first-order valence-corrected chi connectivity index (χ1v) is 7.84. The van der Waals surface area contributed by atoms with Gasteiger partial charge in [0.05, 0.1) is 6.42 Å². The number of amides is 2. The molecule has 1 N–H and O–H groups in total. The Labute approximate surface area is 146 Å². The van der Waals surface area contributed by atoms with Gasteiger partial charge in [0.25, 0.3) is 5.91 Å². The Hall–Kier alpha value is -3.15. The number of hydrogen-bond donors (Lipinski definition) is 1. The average molecular weight is 340 g/mol. The van der Waals surface area contributed by atoms with Crippen molar-refractivity contribution in [3.8, 4) is 0 Å². The van der Waals surface area contributed by atoms with Crippen molar-refractivity contribution < 1.29 is 19.1 Å². The van der Waals surface area contributed by atoms with Gasteiger partial charge in [-0.3, -0.25) is 14.4 Å². The predicted molar refractivity (Wildman–Crippen MR) is 94.0 cm³/mol. The van der Waals surface area contributed by atoms with Crippen LogP contribution in [-0.2, 0) is 25.5 Å². The normalized spacial score (nSPS) is 9.96. The van der Waals surface area contributed by atoms with E-state index < -0.39 is 5.97 Å². The fourth-order valence-electron chi connectivity index (χ4n) is 2.10. The number of carbonyl (C=O) groups excluding carboxylic acids is 3. The quantitative estimate of drug-likeness (QED) is 0.776. The molecule has 0 fully saturated rings. The lowest BCUT2D eigenvalue weighted by Gasteiger charge is -2.17. The number of benzene rings is 2. The van der Waals surface area contributed by atoms with Gasteiger partial charge in [-0.25, -0.2) is 0 Å². The summed E-state index contributed by atoms with van der Waals surface area (Å²) in [4.78, 5) is 36.8. The summed E-state index contributed by atoms with van der Waals surface area (Å²) in [6, 6.07) is 18.2. The minimum atomic E-state index is -0.656. The molecule has 0 radical (unpaired) electrons. The molecule has 0 saturated carbocycles. The van der Waals surface area contributed by atoms with Crippen LogP contribution in [0.4, 0.5) is 5.69 Å². The maximum atomic E-state index is 12.0. The average Bonchev–Trinajstić information content (AvgIpc) is 2.65. The van der Waals surface area contributed by atoms with Crippen LogP contribution in [0.15, 0.2) is 60.7 Å². The van der Waals surface area contributed by atoms with Gasteiger partial charge < -0.3 is 15.0 Å². The number of rotatable bonds is 7. The molecule has 0 atom stereocenters. The van der Waals surface area contributed by atoms with Crippen molar-refractivity contribution >= 4 is 23.5 Å². The van der Waals surface area contributed by atoms with Crippen LogP contribution in [0.1, 0.15) is 5.56 Å². The van der Waals surface area contributed by atoms with Gasteiger partial charge in [0.2, 0.25) is 5.91 Å². The summed E-state index contributed by atoms with van der Waals surface area (Å²) in [6.07, 6.45) is 0.184. The maximum absolute atomic E-state index is 12.0. The first-order chi connectivity index (χ1) is 12.1. The maximum Gasteiger partial charge on any atom is 0.325 e. The second kappa shape index (κ2) is 9.22. The Morgan fingerprint density at radius 3 is 2.20 bits per heavy atom. The van der Waals surface area contributed by atoms with Crippen LogP contribution in [0.25, 0.3) is 0 Å². The van der Waals surface area contributed by atoms with E-state index in [-0.39, 0.29) is 31.4 Å². The largest absolute Gasteiger partial charge is 0.454 e. The summed E-state index contributed by atoms with van der Waals surface area (Å²) in [5.41, 5.74) is 1.56. The summed E-state index contributed by atoms with van der Waals surface area (Å²) < 4.78 is 4.90. The van der Waals surface area contributed by atoms with Crippen molar-refractivity contribution in [1.29, 1.82) is 0 Å². The van der Waals surface area contributed by atoms with Crippen molar-refractivity contribution in [2.24, 2.45) is 0 Å². The minimum Gasteiger partial charge on any atom is -0.454 e. The molecule has 0 aliphatic rings. The number of ether oxygens (including phenoxy) is 1. The minimum absolute atomic E-state index is 0.184. The number of carbonyl (C=O) groups is 3. The van der Waals surface area contributed by atoms with Crippen LogP contribution in [0.5, 0.6) is 0 Å². The van der Waals surface area contributed by atoms with E-state index in [0.29, 0.717) is 5.69 Å². The first kappa shape index (κ1) is 18.2. The Morgan fingerprint density at radius 2 is 1.56 bits per heavy atom. The smallest absolute Gasteiger partial charge is 0.325 e. The standard InChI is InChI=1S/C19H20N2O4/c1-21(16-10-6-3-7-11-16)18(23)14-25-19(24)13-20-17(22)12-15-8-4-2-5-9-15/h2-11H,12-14H2,1H3,(H,20,22). The lowest BCUT2D eigenvalue weighted by Crippen LogP contribution is -2.35. The van der Waals surface area contributed by atoms with Gasteiger partial charge in [0.15, 0.2) is 6.61 Å². The molecule has 0 saturated heterocycles. The topological polar surface area (TPSA) is 75.7 Å². The zero-order chi connectivity index (χ0) is 18.1. The Kier molecular flexibility index (Phi) is 6.71. The van der Waals surface area contributed by atoms with E-state index in [1.165, 1.54) is 4.90 Å². The van der Waals surface area contributed by atoms with E-state index in [1.807, 2.05) is 48.5 Å². The van der Waals surface area contributed by atoms with Crippen molar-refractivity contribution in [2.75, 3.05) is 25.1 Å². The third kappa shape index (κ3) is 6.10. The fourth-order valence-corrected chi connectivity index (χ4v) is 2.10. The van der Waals surface area contributed by atoms with Crippen molar-refractivity contribution in [2.45, 2.75) is 6.42 Å². The molecule has 130 valence electrons. The molecule has 2 amide bonds. The van der Waals surface area contributed by atoms with Crippen LogP contribution in [-0.4, -0.2) is 38.0 Å². The van der Waals surface area contributed by atoms with E-state index in [9.17, 15) is 14.4 Å². The number of nitrogens with one attached hydrogen (secondary N) is 1. The molecule has 2 rings (SSSR count). The zero-order valence-electron chi connectivity index (χ0n) is 14.0. The summed E-state index contributed by atoms with van der Waals surface area (Å²) >= 11 is 0. The van der Waals surface area contributed by atoms with Gasteiger partial charge in [-0.2, -0.15) is 0 Å². The van der Waals surface area contributed by atoms with Gasteiger partial charge in [-0.1, -0.05) is 48.5 Å². The van der Waals surface area contributed by atoms with E-state index >= 15 is 0 Å². The highest BCUT2D eigenvalue weighted by atomic mass is 16.5. The number of anilines is 1. The highest BCUT2D eigenvalue weighted by Gasteiger charge is 2.14. The van der Waals surface area contributed by atoms with Crippen molar-refractivity contribution in [3.05, 3.63) is 66.2 Å². The fraction of sp³-hybridized carbons (Fsp3) is 0.211. The van der Waals surface area contributed by atoms with Gasteiger partial charge in [-0.05, 0) is 17.7 Å². The van der Waals surface area contributed by atoms with Crippen LogP contribution < -0.4 is 10.2 Å². The molecule has 2 aromatic carbocycles. The number of para-hydroxylation sites is 1. The molecule has 25 heavy (non-hydrogen) atoms. The molecule has 2 aromatic rings. The monoisotopic (exact) mass is 340 g/mol. The Morgan fingerprint density at radius 1 is 0.960 bits per heavy atom. The predicted octanol–water partition coefficient (Wildman–Crippen LogP) is 1.55. The summed E-state index contributed by atoms with van der Waals surface area (Å²) in [6.45, 7) is -0.646. The molecule has 0 spiro atoms. The molecular formula is C19H20N2O4.